The Labute approximate surface area is 153 Å². The van der Waals surface area contributed by atoms with Gasteiger partial charge in [-0.05, 0) is 78.1 Å². The molecule has 1 unspecified atom stereocenters. The number of allylic oxidation sites excluding steroid dienone is 2. The summed E-state index contributed by atoms with van der Waals surface area (Å²) in [6, 6.07) is 13.7. The van der Waals surface area contributed by atoms with E-state index in [-0.39, 0.29) is 0 Å². The molecule has 2 aromatic carbocycles. The van der Waals surface area contributed by atoms with Gasteiger partial charge in [0.2, 0.25) is 0 Å². The van der Waals surface area contributed by atoms with Crippen LogP contribution < -0.4 is 9.47 Å². The molecule has 0 bridgehead atoms. The number of hydrogen-bond donors (Lipinski definition) is 0. The van der Waals surface area contributed by atoms with Crippen molar-refractivity contribution in [3.05, 3.63) is 65.2 Å². The highest BCUT2D eigenvalue weighted by atomic mass is 16.5. The first-order valence-corrected chi connectivity index (χ1v) is 8.79. The third-order valence-corrected chi connectivity index (χ3v) is 4.89. The smallest absolute Gasteiger partial charge is 0.292 e. The van der Waals surface area contributed by atoms with E-state index in [1.807, 2.05) is 36.4 Å². The van der Waals surface area contributed by atoms with E-state index in [1.54, 1.807) is 12.5 Å². The van der Waals surface area contributed by atoms with Crippen molar-refractivity contribution in [1.82, 2.24) is 0 Å². The van der Waals surface area contributed by atoms with Crippen LogP contribution in [0, 0.1) is 23.0 Å². The predicted octanol–water partition coefficient (Wildman–Crippen LogP) is 5.32. The van der Waals surface area contributed by atoms with Crippen LogP contribution in [0.25, 0.3) is 5.57 Å². The molecular formula is C22H20N2O2. The SMILES string of the molecule is CCc1cc(OC#N)ccc1C1=CCC(c2ccc(OC#N)cc2)CC1. The highest BCUT2D eigenvalue weighted by Gasteiger charge is 2.19. The van der Waals surface area contributed by atoms with Crippen LogP contribution in [0.4, 0.5) is 0 Å². The van der Waals surface area contributed by atoms with Crippen molar-refractivity contribution in [2.45, 2.75) is 38.5 Å². The normalized spacial score (nSPS) is 16.1. The summed E-state index contributed by atoms with van der Waals surface area (Å²) in [5.41, 5.74) is 5.11. The van der Waals surface area contributed by atoms with E-state index in [0.717, 1.165) is 25.7 Å². The van der Waals surface area contributed by atoms with Crippen molar-refractivity contribution in [3.8, 4) is 24.0 Å². The minimum atomic E-state index is 0.487. The Morgan fingerprint density at radius 2 is 1.69 bits per heavy atom. The van der Waals surface area contributed by atoms with E-state index in [2.05, 4.69) is 19.1 Å². The summed E-state index contributed by atoms with van der Waals surface area (Å²) >= 11 is 0. The summed E-state index contributed by atoms with van der Waals surface area (Å²) in [6.45, 7) is 2.12. The van der Waals surface area contributed by atoms with Gasteiger partial charge >= 0.3 is 0 Å². The number of ether oxygens (including phenoxy) is 2. The van der Waals surface area contributed by atoms with Crippen molar-refractivity contribution >= 4 is 5.57 Å². The van der Waals surface area contributed by atoms with Crippen molar-refractivity contribution in [2.75, 3.05) is 0 Å². The van der Waals surface area contributed by atoms with Gasteiger partial charge in [-0.3, -0.25) is 0 Å². The molecule has 1 aliphatic carbocycles. The quantitative estimate of drug-likeness (QED) is 0.689. The van der Waals surface area contributed by atoms with Crippen molar-refractivity contribution < 1.29 is 9.47 Å². The van der Waals surface area contributed by atoms with E-state index in [1.165, 1.54) is 22.3 Å². The number of rotatable bonds is 5. The molecule has 0 saturated carbocycles. The van der Waals surface area contributed by atoms with E-state index < -0.39 is 0 Å². The Morgan fingerprint density at radius 3 is 2.31 bits per heavy atom. The van der Waals surface area contributed by atoms with Crippen LogP contribution in [-0.2, 0) is 6.42 Å². The molecule has 130 valence electrons. The van der Waals surface area contributed by atoms with Gasteiger partial charge in [-0.1, -0.05) is 31.2 Å². The molecule has 3 rings (SSSR count). The average Bonchev–Trinajstić information content (AvgIpc) is 2.69. The van der Waals surface area contributed by atoms with Gasteiger partial charge in [-0.25, -0.2) is 0 Å². The van der Waals surface area contributed by atoms with Gasteiger partial charge < -0.3 is 9.47 Å². The summed E-state index contributed by atoms with van der Waals surface area (Å²) in [5, 5.41) is 17.2. The molecule has 4 heteroatoms. The third-order valence-electron chi connectivity index (χ3n) is 4.89. The lowest BCUT2D eigenvalue weighted by Crippen LogP contribution is -2.05. The van der Waals surface area contributed by atoms with Crippen molar-refractivity contribution in [1.29, 1.82) is 10.5 Å². The van der Waals surface area contributed by atoms with Gasteiger partial charge in [0, 0.05) is 0 Å². The highest BCUT2D eigenvalue weighted by molar-refractivity contribution is 5.70. The molecule has 0 saturated heterocycles. The first-order valence-electron chi connectivity index (χ1n) is 8.79. The lowest BCUT2D eigenvalue weighted by Gasteiger charge is -2.24. The molecule has 0 radical (unpaired) electrons. The van der Waals surface area contributed by atoms with Gasteiger partial charge in [0.15, 0.2) is 0 Å². The van der Waals surface area contributed by atoms with Gasteiger partial charge in [0.1, 0.15) is 11.5 Å². The molecule has 4 nitrogen and oxygen atoms in total. The van der Waals surface area contributed by atoms with E-state index in [0.29, 0.717) is 17.4 Å². The maximum absolute atomic E-state index is 8.68. The minimum Gasteiger partial charge on any atom is -0.388 e. The van der Waals surface area contributed by atoms with Crippen LogP contribution in [0.15, 0.2) is 48.5 Å². The zero-order valence-corrected chi connectivity index (χ0v) is 14.7. The van der Waals surface area contributed by atoms with E-state index >= 15 is 0 Å². The second kappa shape index (κ2) is 8.23. The van der Waals surface area contributed by atoms with Crippen LogP contribution in [0.3, 0.4) is 0 Å². The van der Waals surface area contributed by atoms with Crippen LogP contribution in [0.1, 0.15) is 48.8 Å². The molecule has 0 spiro atoms. The minimum absolute atomic E-state index is 0.487. The lowest BCUT2D eigenvalue weighted by atomic mass is 9.81. The second-order valence-corrected chi connectivity index (χ2v) is 6.33. The Morgan fingerprint density at radius 1 is 1.00 bits per heavy atom. The summed E-state index contributed by atoms with van der Waals surface area (Å²) in [4.78, 5) is 0. The number of benzene rings is 2. The third kappa shape index (κ3) is 3.87. The number of aryl methyl sites for hydroxylation is 1. The molecule has 2 aromatic rings. The molecular weight excluding hydrogens is 324 g/mol. The highest BCUT2D eigenvalue weighted by Crippen LogP contribution is 2.38. The largest absolute Gasteiger partial charge is 0.388 e. The number of hydrogen-bond acceptors (Lipinski definition) is 4. The molecule has 0 aromatic heterocycles. The van der Waals surface area contributed by atoms with Crippen LogP contribution in [0.2, 0.25) is 0 Å². The first-order chi connectivity index (χ1) is 12.7. The van der Waals surface area contributed by atoms with Crippen molar-refractivity contribution in [3.63, 3.8) is 0 Å². The molecule has 0 amide bonds. The van der Waals surface area contributed by atoms with Gasteiger partial charge in [-0.15, -0.1) is 10.5 Å². The zero-order valence-electron chi connectivity index (χ0n) is 14.7. The number of nitriles is 2. The Hall–Kier alpha value is -3.24. The van der Waals surface area contributed by atoms with Gasteiger partial charge in [0.25, 0.3) is 12.5 Å². The molecule has 0 aliphatic heterocycles. The molecule has 26 heavy (non-hydrogen) atoms. The summed E-state index contributed by atoms with van der Waals surface area (Å²) < 4.78 is 9.79. The number of nitrogens with zero attached hydrogens (tertiary/aromatic N) is 2. The molecule has 0 fully saturated rings. The average molecular weight is 344 g/mol. The van der Waals surface area contributed by atoms with Crippen LogP contribution >= 0.6 is 0 Å². The Balaban J connectivity index is 1.75. The fraction of sp³-hybridized carbons (Fsp3) is 0.273. The summed E-state index contributed by atoms with van der Waals surface area (Å²) in [6.07, 6.45) is 9.75. The predicted molar refractivity (Wildman–Crippen MR) is 99.3 cm³/mol. The Bertz CT molecular complexity index is 886. The topological polar surface area (TPSA) is 66.0 Å². The van der Waals surface area contributed by atoms with Crippen LogP contribution in [-0.4, -0.2) is 0 Å². The fourth-order valence-corrected chi connectivity index (χ4v) is 3.53. The van der Waals surface area contributed by atoms with E-state index in [9.17, 15) is 0 Å². The molecule has 1 atom stereocenters. The summed E-state index contributed by atoms with van der Waals surface area (Å²) in [5.74, 6) is 1.67. The Kier molecular flexibility index (Phi) is 5.56. The monoisotopic (exact) mass is 344 g/mol. The molecule has 1 aliphatic rings. The zero-order chi connectivity index (χ0) is 18.4. The van der Waals surface area contributed by atoms with E-state index in [4.69, 9.17) is 20.0 Å². The summed E-state index contributed by atoms with van der Waals surface area (Å²) in [7, 11) is 0. The maximum atomic E-state index is 8.68. The maximum Gasteiger partial charge on any atom is 0.292 e. The molecule has 0 heterocycles. The molecule has 0 N–H and O–H groups in total. The van der Waals surface area contributed by atoms with Gasteiger partial charge in [0.05, 0.1) is 0 Å². The fourth-order valence-electron chi connectivity index (χ4n) is 3.53. The first kappa shape index (κ1) is 17.6. The second-order valence-electron chi connectivity index (χ2n) is 6.33. The van der Waals surface area contributed by atoms with Crippen molar-refractivity contribution in [2.24, 2.45) is 0 Å². The van der Waals surface area contributed by atoms with Gasteiger partial charge in [-0.2, -0.15) is 0 Å². The van der Waals surface area contributed by atoms with Crippen LogP contribution in [0.5, 0.6) is 11.5 Å². The lowest BCUT2D eigenvalue weighted by molar-refractivity contribution is 0.506. The standard InChI is InChI=1S/C22H20N2O2/c1-2-16-13-21(26-15-24)11-12-22(16)19-5-3-17(4-6-19)18-7-9-20(10-8-18)25-14-23/h5,7-13,17H,2-4,6H2,1H3.